The van der Waals surface area contributed by atoms with Gasteiger partial charge in [-0.25, -0.2) is 4.39 Å². The van der Waals surface area contributed by atoms with Gasteiger partial charge in [-0.3, -0.25) is 4.79 Å². The summed E-state index contributed by atoms with van der Waals surface area (Å²) >= 11 is 0. The van der Waals surface area contributed by atoms with Crippen LogP contribution in [0.3, 0.4) is 0 Å². The summed E-state index contributed by atoms with van der Waals surface area (Å²) in [7, 11) is 4.43. The van der Waals surface area contributed by atoms with Crippen molar-refractivity contribution in [2.45, 2.75) is 6.42 Å². The molecule has 2 heterocycles. The molecule has 0 spiro atoms. The van der Waals surface area contributed by atoms with Crippen LogP contribution >= 0.6 is 0 Å². The molecule has 0 saturated heterocycles. The second kappa shape index (κ2) is 6.95. The normalized spacial score (nSPS) is 13.4. The van der Waals surface area contributed by atoms with Crippen LogP contribution < -0.4 is 19.1 Å². The van der Waals surface area contributed by atoms with Crippen molar-refractivity contribution in [3.8, 4) is 17.2 Å². The van der Waals surface area contributed by atoms with E-state index in [-0.39, 0.29) is 11.3 Å². The number of fused-ring (bicyclic) bond motifs is 2. The van der Waals surface area contributed by atoms with Crippen LogP contribution in [0.2, 0.25) is 0 Å². The molecule has 0 saturated carbocycles. The lowest BCUT2D eigenvalue weighted by Gasteiger charge is -2.29. The van der Waals surface area contributed by atoms with Gasteiger partial charge in [-0.15, -0.1) is 0 Å². The maximum atomic E-state index is 14.8. The average molecular weight is 383 g/mol. The summed E-state index contributed by atoms with van der Waals surface area (Å²) in [4.78, 5) is 14.7. The fraction of sp³-hybridized carbons (Fsp3) is 0.250. The van der Waals surface area contributed by atoms with Crippen LogP contribution in [0.15, 0.2) is 30.5 Å². The van der Waals surface area contributed by atoms with E-state index in [1.165, 1.54) is 38.5 Å². The molecule has 1 aliphatic heterocycles. The Kier molecular flexibility index (Phi) is 4.46. The molecule has 144 valence electrons. The van der Waals surface area contributed by atoms with Gasteiger partial charge in [0, 0.05) is 18.0 Å². The SMILES string of the molecule is COc1cc2nncc(N3CCc4ccc(OC)c(F)c4C3=O)c2cc1OC. The highest BCUT2D eigenvalue weighted by molar-refractivity contribution is 6.12. The number of hydrogen-bond donors (Lipinski definition) is 0. The predicted molar refractivity (Wildman–Crippen MR) is 101 cm³/mol. The van der Waals surface area contributed by atoms with Gasteiger partial charge in [-0.05, 0) is 24.1 Å². The molecule has 7 nitrogen and oxygen atoms in total. The van der Waals surface area contributed by atoms with Crippen molar-refractivity contribution >= 4 is 22.5 Å². The van der Waals surface area contributed by atoms with Crippen molar-refractivity contribution in [3.05, 3.63) is 47.4 Å². The maximum Gasteiger partial charge on any atom is 0.261 e. The van der Waals surface area contributed by atoms with Crippen molar-refractivity contribution < 1.29 is 23.4 Å². The fourth-order valence-electron chi connectivity index (χ4n) is 3.48. The average Bonchev–Trinajstić information content (AvgIpc) is 2.72. The Balaban J connectivity index is 1.86. The summed E-state index contributed by atoms with van der Waals surface area (Å²) in [5.41, 5.74) is 1.75. The Bertz CT molecular complexity index is 1090. The first kappa shape index (κ1) is 18.0. The van der Waals surface area contributed by atoms with Crippen LogP contribution in [0.5, 0.6) is 17.2 Å². The second-order valence-corrected chi connectivity index (χ2v) is 6.28. The molecule has 0 bridgehead atoms. The number of amides is 1. The quantitative estimate of drug-likeness (QED) is 0.690. The summed E-state index contributed by atoms with van der Waals surface area (Å²) in [6, 6.07) is 6.69. The molecule has 1 amide bonds. The number of nitrogens with zero attached hydrogens (tertiary/aromatic N) is 3. The standard InChI is InChI=1S/C20H18FN3O4/c1-26-15-5-4-11-6-7-24(20(25)18(11)19(15)21)14-10-22-23-13-9-17(28-3)16(27-2)8-12(13)14/h4-5,8-10H,6-7H2,1-3H3. The number of carbonyl (C=O) groups is 1. The van der Waals surface area contributed by atoms with Gasteiger partial charge in [0.15, 0.2) is 23.1 Å². The van der Waals surface area contributed by atoms with Crippen LogP contribution in [0.4, 0.5) is 10.1 Å². The Hall–Kier alpha value is -3.42. The zero-order chi connectivity index (χ0) is 19.8. The highest BCUT2D eigenvalue weighted by Gasteiger charge is 2.31. The Morgan fingerprint density at radius 3 is 2.46 bits per heavy atom. The molecule has 2 aromatic carbocycles. The fourth-order valence-corrected chi connectivity index (χ4v) is 3.48. The van der Waals surface area contributed by atoms with E-state index in [0.29, 0.717) is 46.6 Å². The largest absolute Gasteiger partial charge is 0.494 e. The Morgan fingerprint density at radius 2 is 1.75 bits per heavy atom. The Morgan fingerprint density at radius 1 is 1.04 bits per heavy atom. The number of halogens is 1. The van der Waals surface area contributed by atoms with Gasteiger partial charge in [-0.1, -0.05) is 6.07 Å². The van der Waals surface area contributed by atoms with E-state index in [9.17, 15) is 9.18 Å². The van der Waals surface area contributed by atoms with Crippen molar-refractivity contribution in [1.82, 2.24) is 10.2 Å². The predicted octanol–water partition coefficient (Wildman–Crippen LogP) is 3.00. The van der Waals surface area contributed by atoms with Gasteiger partial charge in [0.25, 0.3) is 5.91 Å². The lowest BCUT2D eigenvalue weighted by atomic mass is 9.97. The van der Waals surface area contributed by atoms with Gasteiger partial charge in [0.1, 0.15) is 0 Å². The molecule has 1 aromatic heterocycles. The molecule has 0 N–H and O–H groups in total. The monoisotopic (exact) mass is 383 g/mol. The molecule has 3 aromatic rings. The topological polar surface area (TPSA) is 73.8 Å². The van der Waals surface area contributed by atoms with E-state index >= 15 is 0 Å². The number of aromatic nitrogens is 2. The first-order valence-corrected chi connectivity index (χ1v) is 8.63. The molecule has 28 heavy (non-hydrogen) atoms. The van der Waals surface area contributed by atoms with Gasteiger partial charge in [0.2, 0.25) is 0 Å². The van der Waals surface area contributed by atoms with Crippen molar-refractivity contribution in [3.63, 3.8) is 0 Å². The minimum absolute atomic E-state index is 0.0241. The number of ether oxygens (including phenoxy) is 3. The summed E-state index contributed by atoms with van der Waals surface area (Å²) in [6.45, 7) is 0.396. The maximum absolute atomic E-state index is 14.8. The van der Waals surface area contributed by atoms with E-state index in [2.05, 4.69) is 10.2 Å². The minimum Gasteiger partial charge on any atom is -0.494 e. The third-order valence-electron chi connectivity index (χ3n) is 4.89. The molecule has 0 fully saturated rings. The van der Waals surface area contributed by atoms with E-state index in [1.54, 1.807) is 18.2 Å². The number of carbonyl (C=O) groups excluding carboxylic acids is 1. The lowest BCUT2D eigenvalue weighted by molar-refractivity contribution is 0.0975. The van der Waals surface area contributed by atoms with Gasteiger partial charge in [0.05, 0.1) is 44.3 Å². The second-order valence-electron chi connectivity index (χ2n) is 6.28. The number of methoxy groups -OCH3 is 3. The highest BCUT2D eigenvalue weighted by atomic mass is 19.1. The van der Waals surface area contributed by atoms with Crippen LogP contribution in [0.25, 0.3) is 10.9 Å². The van der Waals surface area contributed by atoms with E-state index in [0.717, 1.165) is 0 Å². The number of anilines is 1. The van der Waals surface area contributed by atoms with Gasteiger partial charge >= 0.3 is 0 Å². The lowest BCUT2D eigenvalue weighted by Crippen LogP contribution is -2.38. The highest BCUT2D eigenvalue weighted by Crippen LogP contribution is 2.37. The summed E-state index contributed by atoms with van der Waals surface area (Å²) in [5.74, 6) is -0.0467. The molecule has 8 heteroatoms. The summed E-state index contributed by atoms with van der Waals surface area (Å²) in [5, 5.41) is 8.78. The van der Waals surface area contributed by atoms with Crippen LogP contribution in [0.1, 0.15) is 15.9 Å². The van der Waals surface area contributed by atoms with Gasteiger partial charge in [-0.2, -0.15) is 10.2 Å². The Labute approximate surface area is 160 Å². The third kappa shape index (κ3) is 2.69. The van der Waals surface area contributed by atoms with E-state index < -0.39 is 11.7 Å². The molecule has 0 aliphatic carbocycles. The third-order valence-corrected chi connectivity index (χ3v) is 4.89. The number of hydrogen-bond acceptors (Lipinski definition) is 6. The van der Waals surface area contributed by atoms with E-state index in [1.807, 2.05) is 0 Å². The van der Waals surface area contributed by atoms with Gasteiger partial charge < -0.3 is 19.1 Å². The number of rotatable bonds is 4. The zero-order valence-corrected chi connectivity index (χ0v) is 15.7. The molecule has 1 aliphatic rings. The van der Waals surface area contributed by atoms with Crippen molar-refractivity contribution in [1.29, 1.82) is 0 Å². The molecule has 0 atom stereocenters. The summed E-state index contributed by atoms with van der Waals surface area (Å²) < 4.78 is 30.5. The number of benzene rings is 2. The van der Waals surface area contributed by atoms with E-state index in [4.69, 9.17) is 14.2 Å². The van der Waals surface area contributed by atoms with Crippen LogP contribution in [0, 0.1) is 5.82 Å². The molecule has 0 radical (unpaired) electrons. The first-order valence-electron chi connectivity index (χ1n) is 8.63. The summed E-state index contributed by atoms with van der Waals surface area (Å²) in [6.07, 6.45) is 2.01. The zero-order valence-electron chi connectivity index (χ0n) is 15.7. The van der Waals surface area contributed by atoms with Crippen LogP contribution in [-0.4, -0.2) is 44.0 Å². The first-order chi connectivity index (χ1) is 13.6. The minimum atomic E-state index is -0.653. The van der Waals surface area contributed by atoms with Crippen molar-refractivity contribution in [2.75, 3.05) is 32.8 Å². The smallest absolute Gasteiger partial charge is 0.261 e. The molecule has 4 rings (SSSR count). The molecule has 0 unspecified atom stereocenters. The van der Waals surface area contributed by atoms with Crippen molar-refractivity contribution in [2.24, 2.45) is 0 Å². The van der Waals surface area contributed by atoms with Crippen LogP contribution in [-0.2, 0) is 6.42 Å². The molecular formula is C20H18FN3O4. The molecular weight excluding hydrogens is 365 g/mol.